The third-order valence-corrected chi connectivity index (χ3v) is 5.49. The second-order valence-corrected chi connectivity index (χ2v) is 7.75. The van der Waals surface area contributed by atoms with Crippen LogP contribution in [-0.2, 0) is 24.0 Å². The molecule has 1 aliphatic rings. The summed E-state index contributed by atoms with van der Waals surface area (Å²) in [5, 5.41) is 22.9. The van der Waals surface area contributed by atoms with E-state index in [4.69, 9.17) is 21.7 Å². The van der Waals surface area contributed by atoms with Gasteiger partial charge in [0.1, 0.15) is 18.1 Å². The van der Waals surface area contributed by atoms with Crippen LogP contribution in [0.3, 0.4) is 0 Å². The third-order valence-electron chi connectivity index (χ3n) is 5.49. The van der Waals surface area contributed by atoms with Crippen molar-refractivity contribution in [2.75, 3.05) is 13.2 Å². The minimum absolute atomic E-state index is 0.0631. The van der Waals surface area contributed by atoms with E-state index in [0.29, 0.717) is 12.8 Å². The van der Waals surface area contributed by atoms with Crippen LogP contribution < -0.4 is 22.1 Å². The topological polar surface area (TPSA) is 205 Å². The average molecular weight is 444 g/mol. The van der Waals surface area contributed by atoms with Gasteiger partial charge in [0, 0.05) is 13.0 Å². The zero-order chi connectivity index (χ0) is 23.7. The maximum atomic E-state index is 13.1. The lowest BCUT2D eigenvalue weighted by atomic mass is 9.98. The Morgan fingerprint density at radius 3 is 2.32 bits per heavy atom. The Kier molecular flexibility index (Phi) is 10.4. The van der Waals surface area contributed by atoms with Crippen molar-refractivity contribution in [3.63, 3.8) is 0 Å². The molecular formula is C19H33N5O7. The monoisotopic (exact) mass is 443 g/mol. The Balaban J connectivity index is 2.97. The number of carbonyl (C=O) groups is 5. The number of hydrogen-bond donors (Lipinski definition) is 6. The molecule has 4 amide bonds. The molecule has 0 bridgehead atoms. The van der Waals surface area contributed by atoms with Gasteiger partial charge in [-0.15, -0.1) is 0 Å². The molecular weight excluding hydrogens is 410 g/mol. The van der Waals surface area contributed by atoms with Crippen molar-refractivity contribution in [3.8, 4) is 0 Å². The molecule has 12 nitrogen and oxygen atoms in total. The summed E-state index contributed by atoms with van der Waals surface area (Å²) in [6, 6.07) is -4.43. The molecule has 5 atom stereocenters. The average Bonchev–Trinajstić information content (AvgIpc) is 3.22. The fraction of sp³-hybridized carbons (Fsp3) is 0.737. The number of nitrogens with two attached hydrogens (primary N) is 2. The van der Waals surface area contributed by atoms with Crippen LogP contribution in [0.2, 0.25) is 0 Å². The number of carboxylic acid groups (broad SMARTS) is 1. The highest BCUT2D eigenvalue weighted by molar-refractivity contribution is 5.94. The lowest BCUT2D eigenvalue weighted by Gasteiger charge is -2.30. The summed E-state index contributed by atoms with van der Waals surface area (Å²) >= 11 is 0. The molecule has 0 aliphatic carbocycles. The van der Waals surface area contributed by atoms with Crippen LogP contribution in [0.5, 0.6) is 0 Å². The van der Waals surface area contributed by atoms with Gasteiger partial charge < -0.3 is 37.2 Å². The first-order valence-corrected chi connectivity index (χ1v) is 10.3. The third kappa shape index (κ3) is 7.47. The standard InChI is InChI=1S/C19H33N5O7/c1-3-10(2)15(21)17(28)22-11(6-7-14(20)26)18(29)24-8-4-5-13(24)16(27)23-12(9-25)19(30)31/h10-13,15,25H,3-9,21H2,1-2H3,(H2,20,26)(H,22,28)(H,23,27)(H,30,31). The summed E-state index contributed by atoms with van der Waals surface area (Å²) in [5.74, 6) is -4.05. The van der Waals surface area contributed by atoms with Gasteiger partial charge in [-0.2, -0.15) is 0 Å². The van der Waals surface area contributed by atoms with Gasteiger partial charge in [-0.25, -0.2) is 4.79 Å². The van der Waals surface area contributed by atoms with E-state index in [0.717, 1.165) is 0 Å². The molecule has 1 rings (SSSR count). The summed E-state index contributed by atoms with van der Waals surface area (Å²) in [5.41, 5.74) is 11.1. The van der Waals surface area contributed by atoms with Gasteiger partial charge in [0.2, 0.25) is 23.6 Å². The molecule has 1 fully saturated rings. The number of aliphatic hydroxyl groups excluding tert-OH is 1. The Morgan fingerprint density at radius 2 is 1.81 bits per heavy atom. The zero-order valence-electron chi connectivity index (χ0n) is 17.9. The van der Waals surface area contributed by atoms with E-state index in [1.807, 2.05) is 6.92 Å². The molecule has 1 heterocycles. The molecule has 0 aromatic heterocycles. The number of carboxylic acids is 1. The molecule has 8 N–H and O–H groups in total. The number of likely N-dealkylation sites (tertiary alicyclic amines) is 1. The highest BCUT2D eigenvalue weighted by Gasteiger charge is 2.39. The number of aliphatic hydroxyl groups is 1. The highest BCUT2D eigenvalue weighted by Crippen LogP contribution is 2.20. The number of hydrogen-bond acceptors (Lipinski definition) is 7. The molecule has 5 unspecified atom stereocenters. The summed E-state index contributed by atoms with van der Waals surface area (Å²) in [4.78, 5) is 61.7. The van der Waals surface area contributed by atoms with E-state index >= 15 is 0 Å². The van der Waals surface area contributed by atoms with Crippen molar-refractivity contribution in [3.05, 3.63) is 0 Å². The number of carbonyl (C=O) groups excluding carboxylic acids is 4. The quantitative estimate of drug-likeness (QED) is 0.192. The summed E-state index contributed by atoms with van der Waals surface area (Å²) in [6.45, 7) is 3.09. The number of nitrogens with zero attached hydrogens (tertiary/aromatic N) is 1. The maximum Gasteiger partial charge on any atom is 0.328 e. The number of nitrogens with one attached hydrogen (secondary N) is 2. The zero-order valence-corrected chi connectivity index (χ0v) is 17.9. The summed E-state index contributed by atoms with van der Waals surface area (Å²) in [6.07, 6.45) is 1.21. The van der Waals surface area contributed by atoms with E-state index in [2.05, 4.69) is 10.6 Å². The number of amides is 4. The van der Waals surface area contributed by atoms with Crippen LogP contribution in [0.25, 0.3) is 0 Å². The SMILES string of the molecule is CCC(C)C(N)C(=O)NC(CCC(N)=O)C(=O)N1CCCC1C(=O)NC(CO)C(=O)O. The maximum absolute atomic E-state index is 13.1. The lowest BCUT2D eigenvalue weighted by Crippen LogP contribution is -2.57. The predicted octanol–water partition coefficient (Wildman–Crippen LogP) is -2.34. The van der Waals surface area contributed by atoms with Crippen molar-refractivity contribution in [1.82, 2.24) is 15.5 Å². The summed E-state index contributed by atoms with van der Waals surface area (Å²) < 4.78 is 0. The van der Waals surface area contributed by atoms with E-state index < -0.39 is 60.4 Å². The van der Waals surface area contributed by atoms with Crippen LogP contribution in [0.1, 0.15) is 46.0 Å². The minimum atomic E-state index is -1.50. The first-order valence-electron chi connectivity index (χ1n) is 10.3. The van der Waals surface area contributed by atoms with Crippen molar-refractivity contribution in [1.29, 1.82) is 0 Å². The smallest absolute Gasteiger partial charge is 0.328 e. The molecule has 0 aromatic carbocycles. The van der Waals surface area contributed by atoms with Crippen molar-refractivity contribution in [2.45, 2.75) is 70.1 Å². The molecule has 31 heavy (non-hydrogen) atoms. The Bertz CT molecular complexity index is 687. The van der Waals surface area contributed by atoms with Gasteiger partial charge in [-0.05, 0) is 25.2 Å². The normalized spacial score (nSPS) is 19.7. The van der Waals surface area contributed by atoms with Gasteiger partial charge in [-0.3, -0.25) is 19.2 Å². The van der Waals surface area contributed by atoms with E-state index in [9.17, 15) is 24.0 Å². The number of rotatable bonds is 12. The lowest BCUT2D eigenvalue weighted by molar-refractivity contribution is -0.145. The Morgan fingerprint density at radius 1 is 1.16 bits per heavy atom. The molecule has 1 aliphatic heterocycles. The minimum Gasteiger partial charge on any atom is -0.480 e. The molecule has 0 aromatic rings. The predicted molar refractivity (Wildman–Crippen MR) is 109 cm³/mol. The van der Waals surface area contributed by atoms with Gasteiger partial charge >= 0.3 is 5.97 Å². The fourth-order valence-electron chi connectivity index (χ4n) is 3.28. The van der Waals surface area contributed by atoms with Crippen molar-refractivity contribution in [2.24, 2.45) is 17.4 Å². The van der Waals surface area contributed by atoms with Crippen LogP contribution in [0.4, 0.5) is 0 Å². The van der Waals surface area contributed by atoms with Gasteiger partial charge in [0.15, 0.2) is 0 Å². The Hall–Kier alpha value is -2.73. The number of aliphatic carboxylic acids is 1. The molecule has 0 radical (unpaired) electrons. The molecule has 0 spiro atoms. The molecule has 1 saturated heterocycles. The first-order chi connectivity index (χ1) is 14.5. The van der Waals surface area contributed by atoms with Crippen LogP contribution in [-0.4, -0.2) is 82.0 Å². The fourth-order valence-corrected chi connectivity index (χ4v) is 3.28. The molecule has 0 saturated carbocycles. The van der Waals surface area contributed by atoms with E-state index in [-0.39, 0.29) is 31.7 Å². The van der Waals surface area contributed by atoms with E-state index in [1.165, 1.54) is 4.90 Å². The number of primary amides is 1. The second-order valence-electron chi connectivity index (χ2n) is 7.75. The van der Waals surface area contributed by atoms with Crippen LogP contribution >= 0.6 is 0 Å². The molecule has 12 heteroatoms. The van der Waals surface area contributed by atoms with Crippen molar-refractivity contribution < 1.29 is 34.2 Å². The van der Waals surface area contributed by atoms with E-state index in [1.54, 1.807) is 6.92 Å². The van der Waals surface area contributed by atoms with Crippen molar-refractivity contribution >= 4 is 29.6 Å². The molecule has 176 valence electrons. The largest absolute Gasteiger partial charge is 0.480 e. The summed E-state index contributed by atoms with van der Waals surface area (Å²) in [7, 11) is 0. The van der Waals surface area contributed by atoms with Gasteiger partial charge in [0.05, 0.1) is 12.6 Å². The first kappa shape index (κ1) is 26.3. The van der Waals surface area contributed by atoms with Gasteiger partial charge in [0.25, 0.3) is 0 Å². The van der Waals surface area contributed by atoms with Crippen LogP contribution in [0.15, 0.2) is 0 Å². The highest BCUT2D eigenvalue weighted by atomic mass is 16.4. The Labute approximate surface area is 180 Å². The van der Waals surface area contributed by atoms with Crippen LogP contribution in [0, 0.1) is 5.92 Å². The second kappa shape index (κ2) is 12.2. The van der Waals surface area contributed by atoms with Gasteiger partial charge in [-0.1, -0.05) is 20.3 Å².